The molecule has 2 aromatic rings. The van der Waals surface area contributed by atoms with Crippen LogP contribution in [0.25, 0.3) is 0 Å². The summed E-state index contributed by atoms with van der Waals surface area (Å²) in [6, 6.07) is 12.4. The lowest BCUT2D eigenvalue weighted by Gasteiger charge is -2.11. The van der Waals surface area contributed by atoms with Gasteiger partial charge in [-0.3, -0.25) is 4.72 Å². The molecule has 0 aliphatic carbocycles. The van der Waals surface area contributed by atoms with E-state index in [0.717, 1.165) is 5.56 Å². The van der Waals surface area contributed by atoms with Crippen LogP contribution in [0.5, 0.6) is 0 Å². The molecule has 0 amide bonds. The Hall–Kier alpha value is -1.61. The molecule has 0 unspecified atom stereocenters. The summed E-state index contributed by atoms with van der Waals surface area (Å²) in [4.78, 5) is -0.268. The van der Waals surface area contributed by atoms with Gasteiger partial charge in [0.15, 0.2) is 0 Å². The third-order valence-electron chi connectivity index (χ3n) is 3.03. The Labute approximate surface area is 140 Å². The van der Waals surface area contributed by atoms with Gasteiger partial charge in [0.05, 0.1) is 11.4 Å². The number of benzene rings is 2. The molecule has 0 spiro atoms. The molecule has 0 bridgehead atoms. The summed E-state index contributed by atoms with van der Waals surface area (Å²) >= 11 is 5.77. The van der Waals surface area contributed by atoms with Gasteiger partial charge in [-0.2, -0.15) is 0 Å². The molecule has 0 heterocycles. The predicted octanol–water partition coefficient (Wildman–Crippen LogP) is 1.97. The molecule has 6 nitrogen and oxygen atoms in total. The number of para-hydroxylation sites is 1. The quantitative estimate of drug-likeness (QED) is 0.806. The van der Waals surface area contributed by atoms with Crippen LogP contribution in [-0.2, 0) is 26.5 Å². The molecular formula is C14H15ClN2O4S2. The fourth-order valence-corrected chi connectivity index (χ4v) is 3.92. The van der Waals surface area contributed by atoms with Crippen LogP contribution in [0.3, 0.4) is 0 Å². The summed E-state index contributed by atoms with van der Waals surface area (Å²) in [5.74, 6) is -0.201. The molecule has 0 saturated carbocycles. The first-order valence-corrected chi connectivity index (χ1v) is 10.1. The summed E-state index contributed by atoms with van der Waals surface area (Å²) in [6.07, 6.45) is 0.268. The van der Waals surface area contributed by atoms with Crippen LogP contribution in [-0.4, -0.2) is 22.6 Å². The maximum Gasteiger partial charge on any atom is 0.240 e. The van der Waals surface area contributed by atoms with E-state index < -0.39 is 20.0 Å². The number of hydrogen-bond donors (Lipinski definition) is 2. The van der Waals surface area contributed by atoms with Crippen molar-refractivity contribution in [1.82, 2.24) is 0 Å². The average molecular weight is 375 g/mol. The van der Waals surface area contributed by atoms with Crippen molar-refractivity contribution < 1.29 is 16.8 Å². The van der Waals surface area contributed by atoms with Gasteiger partial charge in [0.1, 0.15) is 4.90 Å². The molecule has 124 valence electrons. The van der Waals surface area contributed by atoms with Crippen LogP contribution in [0.4, 0.5) is 5.69 Å². The van der Waals surface area contributed by atoms with Gasteiger partial charge >= 0.3 is 0 Å². The first-order valence-electron chi connectivity index (χ1n) is 6.54. The summed E-state index contributed by atoms with van der Waals surface area (Å²) in [5, 5.41) is 5.65. The van der Waals surface area contributed by atoms with Crippen molar-refractivity contribution in [2.75, 3.05) is 10.5 Å². The van der Waals surface area contributed by atoms with Crippen molar-refractivity contribution in [1.29, 1.82) is 0 Å². The Kier molecular flexibility index (Phi) is 5.30. The number of halogens is 1. The first-order chi connectivity index (χ1) is 10.7. The summed E-state index contributed by atoms with van der Waals surface area (Å²) in [5.41, 5.74) is 0.741. The molecule has 2 aromatic carbocycles. The van der Waals surface area contributed by atoms with Crippen molar-refractivity contribution in [3.8, 4) is 0 Å². The zero-order chi connectivity index (χ0) is 17.1. The molecule has 2 rings (SSSR count). The highest BCUT2D eigenvalue weighted by molar-refractivity contribution is 7.93. The van der Waals surface area contributed by atoms with E-state index in [1.165, 1.54) is 24.3 Å². The smallest absolute Gasteiger partial charge is 0.240 e. The number of hydrogen-bond acceptors (Lipinski definition) is 4. The minimum absolute atomic E-state index is 0.0638. The number of aryl methyl sites for hydroxylation is 1. The number of nitrogens with two attached hydrogens (primary N) is 1. The predicted molar refractivity (Wildman–Crippen MR) is 90.4 cm³/mol. The molecule has 0 aromatic heterocycles. The van der Waals surface area contributed by atoms with Gasteiger partial charge in [0, 0.05) is 5.02 Å². The van der Waals surface area contributed by atoms with Crippen LogP contribution < -0.4 is 9.86 Å². The Bertz CT molecular complexity index is 895. The largest absolute Gasteiger partial charge is 0.282 e. The van der Waals surface area contributed by atoms with Gasteiger partial charge in [-0.25, -0.2) is 22.0 Å². The van der Waals surface area contributed by atoms with E-state index in [2.05, 4.69) is 4.72 Å². The van der Waals surface area contributed by atoms with Gasteiger partial charge < -0.3 is 0 Å². The molecule has 0 atom stereocenters. The van der Waals surface area contributed by atoms with Crippen LogP contribution in [0, 0.1) is 0 Å². The average Bonchev–Trinajstić information content (AvgIpc) is 2.46. The second-order valence-electron chi connectivity index (χ2n) is 4.84. The highest BCUT2D eigenvalue weighted by atomic mass is 35.5. The lowest BCUT2D eigenvalue weighted by molar-refractivity contribution is 0.598. The Morgan fingerprint density at radius 3 is 2.17 bits per heavy atom. The Morgan fingerprint density at radius 2 is 1.57 bits per heavy atom. The molecule has 0 aliphatic rings. The van der Waals surface area contributed by atoms with Gasteiger partial charge in [-0.1, -0.05) is 35.9 Å². The van der Waals surface area contributed by atoms with Crippen molar-refractivity contribution >= 4 is 37.3 Å². The minimum Gasteiger partial charge on any atom is -0.282 e. The fraction of sp³-hybridized carbons (Fsp3) is 0.143. The minimum atomic E-state index is -4.02. The fourth-order valence-electron chi connectivity index (χ4n) is 1.92. The van der Waals surface area contributed by atoms with Crippen LogP contribution in [0.2, 0.25) is 5.02 Å². The van der Waals surface area contributed by atoms with Gasteiger partial charge in [0.2, 0.25) is 20.0 Å². The molecule has 0 saturated heterocycles. The molecule has 0 aliphatic heterocycles. The van der Waals surface area contributed by atoms with Crippen LogP contribution >= 0.6 is 11.6 Å². The second kappa shape index (κ2) is 6.88. The molecule has 3 N–H and O–H groups in total. The topological polar surface area (TPSA) is 106 Å². The lowest BCUT2D eigenvalue weighted by Crippen LogP contribution is -2.21. The van der Waals surface area contributed by atoms with Crippen molar-refractivity contribution in [3.05, 3.63) is 59.1 Å². The van der Waals surface area contributed by atoms with E-state index >= 15 is 0 Å². The zero-order valence-corrected chi connectivity index (χ0v) is 14.3. The summed E-state index contributed by atoms with van der Waals surface area (Å²) in [6.45, 7) is 0. The molecule has 0 radical (unpaired) electrons. The van der Waals surface area contributed by atoms with E-state index in [1.807, 2.05) is 0 Å². The Morgan fingerprint density at radius 1 is 0.957 bits per heavy atom. The van der Waals surface area contributed by atoms with E-state index in [9.17, 15) is 16.8 Å². The maximum atomic E-state index is 12.1. The standard InChI is InChI=1S/C14H15ClN2O4S2/c15-12-7-5-11(6-8-12)9-10-22(18,19)17-13-3-1-2-4-14(13)23(16,20)21/h1-8,17H,9-10H2,(H2,16,20,21). The number of rotatable bonds is 6. The molecular weight excluding hydrogens is 360 g/mol. The van der Waals surface area contributed by atoms with Crippen LogP contribution in [0.1, 0.15) is 5.56 Å². The number of anilines is 1. The highest BCUT2D eigenvalue weighted by Gasteiger charge is 2.18. The first kappa shape index (κ1) is 17.7. The third kappa shape index (κ3) is 5.21. The SMILES string of the molecule is NS(=O)(=O)c1ccccc1NS(=O)(=O)CCc1ccc(Cl)cc1. The number of primary sulfonamides is 1. The summed E-state index contributed by atoms with van der Waals surface area (Å²) < 4.78 is 49.5. The third-order valence-corrected chi connectivity index (χ3v) is 5.53. The maximum absolute atomic E-state index is 12.1. The van der Waals surface area contributed by atoms with Gasteiger partial charge in [0.25, 0.3) is 0 Å². The van der Waals surface area contributed by atoms with Crippen molar-refractivity contribution in [2.24, 2.45) is 5.14 Å². The second-order valence-corrected chi connectivity index (χ2v) is 8.65. The normalized spacial score (nSPS) is 12.1. The molecule has 0 fully saturated rings. The van der Waals surface area contributed by atoms with Crippen molar-refractivity contribution in [2.45, 2.75) is 11.3 Å². The summed E-state index contributed by atoms with van der Waals surface area (Å²) in [7, 11) is -7.75. The molecule has 9 heteroatoms. The number of sulfonamides is 2. The Balaban J connectivity index is 2.14. The zero-order valence-electron chi connectivity index (χ0n) is 11.9. The lowest BCUT2D eigenvalue weighted by atomic mass is 10.2. The van der Waals surface area contributed by atoms with Gasteiger partial charge in [-0.05, 0) is 36.2 Å². The monoisotopic (exact) mass is 374 g/mol. The van der Waals surface area contributed by atoms with Crippen molar-refractivity contribution in [3.63, 3.8) is 0 Å². The molecule has 23 heavy (non-hydrogen) atoms. The number of nitrogens with one attached hydrogen (secondary N) is 1. The van der Waals surface area contributed by atoms with Crippen LogP contribution in [0.15, 0.2) is 53.4 Å². The van der Waals surface area contributed by atoms with E-state index in [1.54, 1.807) is 24.3 Å². The van der Waals surface area contributed by atoms with E-state index in [-0.39, 0.29) is 22.8 Å². The van der Waals surface area contributed by atoms with Gasteiger partial charge in [-0.15, -0.1) is 0 Å². The van der Waals surface area contributed by atoms with E-state index in [4.69, 9.17) is 16.7 Å². The van der Waals surface area contributed by atoms with E-state index in [0.29, 0.717) is 5.02 Å². The highest BCUT2D eigenvalue weighted by Crippen LogP contribution is 2.21.